The molecular weight excluding hydrogens is 312 g/mol. The maximum atomic E-state index is 3.15. The second-order valence-electron chi connectivity index (χ2n) is 2.26. The Morgan fingerprint density at radius 2 is 1.58 bits per heavy atom. The Bertz CT molecular complexity index is 281. The minimum atomic E-state index is 0. The van der Waals surface area contributed by atoms with E-state index in [9.17, 15) is 0 Å². The molecule has 0 fully saturated rings. The van der Waals surface area contributed by atoms with Gasteiger partial charge in [-0.1, -0.05) is 42.5 Å². The molecule has 0 bridgehead atoms. The largest absolute Gasteiger partial charge is 1.00 e. The first-order chi connectivity index (χ1) is 4.97. The molecule has 0 N–H and O–H groups in total. The smallest absolute Gasteiger partial charge is 0 e. The number of hydrogen-bond donors (Lipinski definition) is 0. The third-order valence-electron chi connectivity index (χ3n) is 1.57. The van der Waals surface area contributed by atoms with E-state index in [1.165, 1.54) is 10.8 Å². The molecule has 0 heterocycles. The minimum Gasteiger partial charge on any atom is -1.00 e. The SMILES string of the molecule is [I-].[Zn].[c]1cccc2ccccc12. The van der Waals surface area contributed by atoms with Crippen LogP contribution in [0.3, 0.4) is 0 Å². The molecule has 0 aliphatic heterocycles. The first-order valence-corrected chi connectivity index (χ1v) is 3.32. The van der Waals surface area contributed by atoms with E-state index in [4.69, 9.17) is 0 Å². The van der Waals surface area contributed by atoms with Gasteiger partial charge in [0.15, 0.2) is 0 Å². The van der Waals surface area contributed by atoms with Crippen LogP contribution in [0.4, 0.5) is 0 Å². The number of hydrogen-bond acceptors (Lipinski definition) is 0. The molecule has 0 atom stereocenters. The van der Waals surface area contributed by atoms with Crippen molar-refractivity contribution in [3.05, 3.63) is 48.5 Å². The molecule has 0 unspecified atom stereocenters. The van der Waals surface area contributed by atoms with Gasteiger partial charge >= 0.3 is 0 Å². The van der Waals surface area contributed by atoms with E-state index in [1.807, 2.05) is 24.3 Å². The van der Waals surface area contributed by atoms with E-state index in [0.29, 0.717) is 0 Å². The van der Waals surface area contributed by atoms with Crippen LogP contribution in [0.2, 0.25) is 0 Å². The zero-order valence-corrected chi connectivity index (χ0v) is 11.8. The summed E-state index contributed by atoms with van der Waals surface area (Å²) < 4.78 is 0. The van der Waals surface area contributed by atoms with Crippen LogP contribution in [0.5, 0.6) is 0 Å². The molecule has 0 nitrogen and oxygen atoms in total. The van der Waals surface area contributed by atoms with Gasteiger partial charge in [0.05, 0.1) is 0 Å². The van der Waals surface area contributed by atoms with Gasteiger partial charge in [0.25, 0.3) is 0 Å². The molecule has 0 aliphatic carbocycles. The summed E-state index contributed by atoms with van der Waals surface area (Å²) in [5.41, 5.74) is 0. The maximum Gasteiger partial charge on any atom is 0 e. The Kier molecular flexibility index (Phi) is 5.68. The molecule has 2 aromatic rings. The molecule has 0 aromatic heterocycles. The average molecular weight is 319 g/mol. The van der Waals surface area contributed by atoms with Gasteiger partial charge in [0.2, 0.25) is 0 Å². The summed E-state index contributed by atoms with van der Waals surface area (Å²) >= 11 is 0. The van der Waals surface area contributed by atoms with Crippen molar-refractivity contribution in [2.24, 2.45) is 0 Å². The predicted octanol–water partition coefficient (Wildman–Crippen LogP) is -0.359. The molecular formula is C10H7IZn-. The van der Waals surface area contributed by atoms with Crippen LogP contribution in [0, 0.1) is 6.07 Å². The molecule has 57 valence electrons. The van der Waals surface area contributed by atoms with Gasteiger partial charge in [0, 0.05) is 19.5 Å². The van der Waals surface area contributed by atoms with Crippen molar-refractivity contribution >= 4 is 10.8 Å². The van der Waals surface area contributed by atoms with Gasteiger partial charge in [-0.05, 0) is 16.8 Å². The number of rotatable bonds is 0. The summed E-state index contributed by atoms with van der Waals surface area (Å²) in [4.78, 5) is 0. The molecule has 1 radical (unpaired) electrons. The van der Waals surface area contributed by atoms with Crippen LogP contribution in [-0.4, -0.2) is 0 Å². The Morgan fingerprint density at radius 1 is 0.917 bits per heavy atom. The molecule has 2 heteroatoms. The van der Waals surface area contributed by atoms with Gasteiger partial charge in [-0.2, -0.15) is 0 Å². The Labute approximate surface area is 102 Å². The third-order valence-corrected chi connectivity index (χ3v) is 1.57. The molecule has 0 spiro atoms. The second kappa shape index (κ2) is 5.66. The van der Waals surface area contributed by atoms with Gasteiger partial charge < -0.3 is 24.0 Å². The van der Waals surface area contributed by atoms with Crippen molar-refractivity contribution in [1.82, 2.24) is 0 Å². The quantitative estimate of drug-likeness (QED) is 0.460. The van der Waals surface area contributed by atoms with Gasteiger partial charge in [-0.15, -0.1) is 0 Å². The van der Waals surface area contributed by atoms with E-state index in [2.05, 4.69) is 24.3 Å². The summed E-state index contributed by atoms with van der Waals surface area (Å²) in [5.74, 6) is 0. The van der Waals surface area contributed by atoms with Crippen molar-refractivity contribution in [3.8, 4) is 0 Å². The fraction of sp³-hybridized carbons (Fsp3) is 0. The predicted molar refractivity (Wildman–Crippen MR) is 42.8 cm³/mol. The van der Waals surface area contributed by atoms with Gasteiger partial charge in [-0.3, -0.25) is 0 Å². The van der Waals surface area contributed by atoms with Crippen LogP contribution >= 0.6 is 0 Å². The van der Waals surface area contributed by atoms with E-state index in [-0.39, 0.29) is 43.5 Å². The van der Waals surface area contributed by atoms with E-state index in [0.717, 1.165) is 0 Å². The summed E-state index contributed by atoms with van der Waals surface area (Å²) in [5, 5.41) is 2.44. The number of benzene rings is 2. The van der Waals surface area contributed by atoms with Gasteiger partial charge in [0.1, 0.15) is 0 Å². The normalized spacial score (nSPS) is 8.33. The van der Waals surface area contributed by atoms with Gasteiger partial charge in [-0.25, -0.2) is 0 Å². The van der Waals surface area contributed by atoms with Crippen LogP contribution in [-0.2, 0) is 19.5 Å². The topological polar surface area (TPSA) is 0 Å². The Morgan fingerprint density at radius 3 is 2.33 bits per heavy atom. The second-order valence-corrected chi connectivity index (χ2v) is 2.26. The maximum absolute atomic E-state index is 3.15. The zero-order valence-electron chi connectivity index (χ0n) is 6.63. The molecule has 12 heavy (non-hydrogen) atoms. The number of halogens is 1. The van der Waals surface area contributed by atoms with Crippen LogP contribution in [0.15, 0.2) is 42.5 Å². The fourth-order valence-corrected chi connectivity index (χ4v) is 1.06. The Balaban J connectivity index is 0.000000605. The summed E-state index contributed by atoms with van der Waals surface area (Å²) in [6.07, 6.45) is 0. The number of fused-ring (bicyclic) bond motifs is 1. The third kappa shape index (κ3) is 2.53. The van der Waals surface area contributed by atoms with Crippen molar-refractivity contribution in [2.45, 2.75) is 0 Å². The first kappa shape index (κ1) is 12.1. The fourth-order valence-electron chi connectivity index (χ4n) is 1.06. The molecule has 2 aromatic carbocycles. The van der Waals surface area contributed by atoms with Crippen LogP contribution in [0.1, 0.15) is 0 Å². The molecule has 0 saturated heterocycles. The van der Waals surface area contributed by atoms with E-state index >= 15 is 0 Å². The molecule has 0 saturated carbocycles. The zero-order chi connectivity index (χ0) is 6.81. The summed E-state index contributed by atoms with van der Waals surface area (Å²) in [6.45, 7) is 0. The molecule has 2 rings (SSSR count). The van der Waals surface area contributed by atoms with Crippen molar-refractivity contribution < 1.29 is 43.5 Å². The average Bonchev–Trinajstić information content (AvgIpc) is 2.05. The van der Waals surface area contributed by atoms with Crippen molar-refractivity contribution in [2.75, 3.05) is 0 Å². The standard InChI is InChI=1S/C10H7.HI.Zn/c1-2-6-10-8-4-3-7-9(10)5-1;;/h1-7H;1H;/p-1. The molecule has 0 amide bonds. The monoisotopic (exact) mass is 318 g/mol. The molecule has 0 aliphatic rings. The first-order valence-electron chi connectivity index (χ1n) is 3.32. The van der Waals surface area contributed by atoms with Crippen molar-refractivity contribution in [3.63, 3.8) is 0 Å². The van der Waals surface area contributed by atoms with Crippen molar-refractivity contribution in [1.29, 1.82) is 0 Å². The van der Waals surface area contributed by atoms with E-state index in [1.54, 1.807) is 0 Å². The summed E-state index contributed by atoms with van der Waals surface area (Å²) in [6, 6.07) is 17.4. The minimum absolute atomic E-state index is 0. The van der Waals surface area contributed by atoms with E-state index < -0.39 is 0 Å². The summed E-state index contributed by atoms with van der Waals surface area (Å²) in [7, 11) is 0. The van der Waals surface area contributed by atoms with Crippen LogP contribution in [0.25, 0.3) is 10.8 Å². The Hall–Kier alpha value is 0.0534. The van der Waals surface area contributed by atoms with Crippen LogP contribution < -0.4 is 24.0 Å².